The fourth-order valence-corrected chi connectivity index (χ4v) is 2.92. The first-order valence-corrected chi connectivity index (χ1v) is 7.33. The number of hydrogen-bond acceptors (Lipinski definition) is 4. The van der Waals surface area contributed by atoms with Gasteiger partial charge in [0.15, 0.2) is 0 Å². The van der Waals surface area contributed by atoms with Gasteiger partial charge in [-0.05, 0) is 30.0 Å². The number of hydrogen-bond donors (Lipinski definition) is 2. The molecule has 0 aliphatic carbocycles. The number of nitrogens with two attached hydrogens (primary N) is 1. The Labute approximate surface area is 127 Å². The predicted octanol–water partition coefficient (Wildman–Crippen LogP) is 1.10. The lowest BCUT2D eigenvalue weighted by atomic mass is 9.89. The van der Waals surface area contributed by atoms with Gasteiger partial charge in [0.2, 0.25) is 5.91 Å². The average molecular weight is 307 g/mol. The number of nitrogens with one attached hydrogen (secondary N) is 1. The van der Waals surface area contributed by atoms with Crippen molar-refractivity contribution >= 4 is 17.7 Å². The van der Waals surface area contributed by atoms with E-state index in [0.717, 1.165) is 0 Å². The number of rotatable bonds is 3. The van der Waals surface area contributed by atoms with Crippen molar-refractivity contribution in [1.82, 2.24) is 5.32 Å². The van der Waals surface area contributed by atoms with E-state index in [0.29, 0.717) is 30.8 Å². The minimum Gasteiger partial charge on any atom is -0.443 e. The smallest absolute Gasteiger partial charge is 0.414 e. The second-order valence-electron chi connectivity index (χ2n) is 5.60. The van der Waals surface area contributed by atoms with Gasteiger partial charge in [-0.1, -0.05) is 6.07 Å². The topological polar surface area (TPSA) is 84.7 Å². The highest BCUT2D eigenvalue weighted by molar-refractivity contribution is 5.89. The molecule has 2 amide bonds. The summed E-state index contributed by atoms with van der Waals surface area (Å²) in [6.07, 6.45) is 0.122. The molecule has 3 N–H and O–H groups in total. The van der Waals surface area contributed by atoms with Crippen LogP contribution in [-0.4, -0.2) is 37.7 Å². The lowest BCUT2D eigenvalue weighted by Gasteiger charge is -2.23. The molecule has 0 saturated carbocycles. The Bertz CT molecular complexity index is 608. The Hall–Kier alpha value is -2.15. The SMILES string of the molecule is NCC1CN(c2ccc(C3CCNC(=O)C3)c(F)c2)C(=O)O1. The Kier molecular flexibility index (Phi) is 3.98. The number of amides is 2. The van der Waals surface area contributed by atoms with E-state index in [9.17, 15) is 14.0 Å². The molecule has 2 saturated heterocycles. The van der Waals surface area contributed by atoms with Gasteiger partial charge >= 0.3 is 6.09 Å². The van der Waals surface area contributed by atoms with Gasteiger partial charge in [-0.2, -0.15) is 0 Å². The summed E-state index contributed by atoms with van der Waals surface area (Å²) >= 11 is 0. The molecule has 2 unspecified atom stereocenters. The van der Waals surface area contributed by atoms with E-state index in [2.05, 4.69) is 5.32 Å². The van der Waals surface area contributed by atoms with Crippen molar-refractivity contribution in [3.63, 3.8) is 0 Å². The first kappa shape index (κ1) is 14.8. The summed E-state index contributed by atoms with van der Waals surface area (Å²) in [6, 6.07) is 4.66. The number of cyclic esters (lactones) is 1. The molecule has 1 aromatic carbocycles. The summed E-state index contributed by atoms with van der Waals surface area (Å²) < 4.78 is 19.5. The van der Waals surface area contributed by atoms with Crippen LogP contribution in [0.4, 0.5) is 14.9 Å². The molecule has 2 atom stereocenters. The number of carbonyl (C=O) groups is 2. The van der Waals surface area contributed by atoms with Gasteiger partial charge in [0, 0.05) is 19.5 Å². The molecule has 22 heavy (non-hydrogen) atoms. The van der Waals surface area contributed by atoms with Crippen LogP contribution in [0.5, 0.6) is 0 Å². The summed E-state index contributed by atoms with van der Waals surface area (Å²) in [5, 5.41) is 2.73. The predicted molar refractivity (Wildman–Crippen MR) is 78.1 cm³/mol. The number of halogens is 1. The van der Waals surface area contributed by atoms with Crippen LogP contribution in [0.15, 0.2) is 18.2 Å². The highest BCUT2D eigenvalue weighted by Crippen LogP contribution is 2.31. The second-order valence-corrected chi connectivity index (χ2v) is 5.60. The van der Waals surface area contributed by atoms with Crippen molar-refractivity contribution in [2.24, 2.45) is 5.73 Å². The van der Waals surface area contributed by atoms with Gasteiger partial charge < -0.3 is 15.8 Å². The summed E-state index contributed by atoms with van der Waals surface area (Å²) in [7, 11) is 0. The molecule has 2 aliphatic heterocycles. The van der Waals surface area contributed by atoms with E-state index in [4.69, 9.17) is 10.5 Å². The maximum Gasteiger partial charge on any atom is 0.414 e. The highest BCUT2D eigenvalue weighted by Gasteiger charge is 2.32. The molecule has 0 radical (unpaired) electrons. The van der Waals surface area contributed by atoms with Crippen molar-refractivity contribution in [2.75, 3.05) is 24.5 Å². The van der Waals surface area contributed by atoms with Gasteiger partial charge in [0.05, 0.1) is 12.2 Å². The van der Waals surface area contributed by atoms with Gasteiger partial charge in [-0.3, -0.25) is 9.69 Å². The molecule has 2 heterocycles. The third kappa shape index (κ3) is 2.76. The summed E-state index contributed by atoms with van der Waals surface area (Å²) in [6.45, 7) is 1.11. The zero-order chi connectivity index (χ0) is 15.7. The first-order valence-electron chi connectivity index (χ1n) is 7.33. The largest absolute Gasteiger partial charge is 0.443 e. The van der Waals surface area contributed by atoms with E-state index in [-0.39, 0.29) is 30.9 Å². The third-order valence-electron chi connectivity index (χ3n) is 4.12. The van der Waals surface area contributed by atoms with Gasteiger partial charge in [0.1, 0.15) is 11.9 Å². The Balaban J connectivity index is 1.80. The van der Waals surface area contributed by atoms with Crippen LogP contribution in [0.3, 0.4) is 0 Å². The van der Waals surface area contributed by atoms with Gasteiger partial charge in [0.25, 0.3) is 0 Å². The lowest BCUT2D eigenvalue weighted by molar-refractivity contribution is -0.122. The van der Waals surface area contributed by atoms with Crippen molar-refractivity contribution in [2.45, 2.75) is 24.9 Å². The van der Waals surface area contributed by atoms with Crippen molar-refractivity contribution < 1.29 is 18.7 Å². The molecular weight excluding hydrogens is 289 g/mol. The lowest BCUT2D eigenvalue weighted by Crippen LogP contribution is -2.33. The maximum absolute atomic E-state index is 14.4. The average Bonchev–Trinajstić information content (AvgIpc) is 2.88. The quantitative estimate of drug-likeness (QED) is 0.876. The summed E-state index contributed by atoms with van der Waals surface area (Å²) in [5.74, 6) is -0.583. The van der Waals surface area contributed by atoms with Crippen LogP contribution in [0.2, 0.25) is 0 Å². The molecule has 0 aromatic heterocycles. The Morgan fingerprint density at radius 2 is 2.23 bits per heavy atom. The number of carbonyl (C=O) groups excluding carboxylic acids is 2. The summed E-state index contributed by atoms with van der Waals surface area (Å²) in [4.78, 5) is 24.6. The van der Waals surface area contributed by atoms with E-state index < -0.39 is 11.9 Å². The van der Waals surface area contributed by atoms with Crippen molar-refractivity contribution in [3.05, 3.63) is 29.6 Å². The molecule has 118 valence electrons. The van der Waals surface area contributed by atoms with E-state index >= 15 is 0 Å². The van der Waals surface area contributed by atoms with Gasteiger partial charge in [-0.15, -0.1) is 0 Å². The van der Waals surface area contributed by atoms with E-state index in [1.165, 1.54) is 11.0 Å². The molecule has 0 bridgehead atoms. The molecule has 2 fully saturated rings. The Morgan fingerprint density at radius 1 is 1.41 bits per heavy atom. The zero-order valence-corrected chi connectivity index (χ0v) is 12.0. The molecule has 0 spiro atoms. The number of nitrogens with zero attached hydrogens (tertiary/aromatic N) is 1. The van der Waals surface area contributed by atoms with Crippen LogP contribution in [0, 0.1) is 5.82 Å². The fourth-order valence-electron chi connectivity index (χ4n) is 2.92. The minimum atomic E-state index is -0.514. The second kappa shape index (κ2) is 5.92. The number of ether oxygens (including phenoxy) is 1. The number of piperidine rings is 1. The summed E-state index contributed by atoms with van der Waals surface area (Å²) in [5.41, 5.74) is 6.45. The standard InChI is InChI=1S/C15H18FN3O3/c16-13-6-10(19-8-11(7-17)22-15(19)21)1-2-12(13)9-3-4-18-14(20)5-9/h1-2,6,9,11H,3-5,7-8,17H2,(H,18,20). The van der Waals surface area contributed by atoms with Crippen LogP contribution < -0.4 is 16.0 Å². The normalized spacial score (nSPS) is 25.1. The molecule has 2 aliphatic rings. The Morgan fingerprint density at radius 3 is 2.86 bits per heavy atom. The number of benzene rings is 1. The molecule has 7 heteroatoms. The van der Waals surface area contributed by atoms with Crippen molar-refractivity contribution in [3.8, 4) is 0 Å². The molecule has 6 nitrogen and oxygen atoms in total. The maximum atomic E-state index is 14.4. The first-order chi connectivity index (χ1) is 10.6. The van der Waals surface area contributed by atoms with E-state index in [1.54, 1.807) is 12.1 Å². The van der Waals surface area contributed by atoms with E-state index in [1.807, 2.05) is 0 Å². The minimum absolute atomic E-state index is 0.0614. The fraction of sp³-hybridized carbons (Fsp3) is 0.467. The third-order valence-corrected chi connectivity index (χ3v) is 4.12. The van der Waals surface area contributed by atoms with Crippen LogP contribution in [0.25, 0.3) is 0 Å². The van der Waals surface area contributed by atoms with Gasteiger partial charge in [-0.25, -0.2) is 9.18 Å². The highest BCUT2D eigenvalue weighted by atomic mass is 19.1. The molecule has 3 rings (SSSR count). The monoisotopic (exact) mass is 307 g/mol. The zero-order valence-electron chi connectivity index (χ0n) is 12.0. The van der Waals surface area contributed by atoms with Crippen LogP contribution in [0.1, 0.15) is 24.3 Å². The number of anilines is 1. The molecular formula is C15H18FN3O3. The molecule has 1 aromatic rings. The van der Waals surface area contributed by atoms with Crippen LogP contribution in [-0.2, 0) is 9.53 Å². The van der Waals surface area contributed by atoms with Crippen molar-refractivity contribution in [1.29, 1.82) is 0 Å². The van der Waals surface area contributed by atoms with Crippen LogP contribution >= 0.6 is 0 Å².